The fraction of sp³-hybridized carbons (Fsp3) is 0.414. The summed E-state index contributed by atoms with van der Waals surface area (Å²) < 4.78 is 18.4. The molecule has 9 nitrogen and oxygen atoms in total. The van der Waals surface area contributed by atoms with Crippen molar-refractivity contribution >= 4 is 16.9 Å². The second kappa shape index (κ2) is 12.9. The monoisotopic (exact) mass is 536 g/mol. The molecule has 0 atom stereocenters. The number of nitrogens with zero attached hydrogens (tertiary/aromatic N) is 5. The number of rotatable bonds is 13. The predicted molar refractivity (Wildman–Crippen MR) is 152 cm³/mol. The molecule has 0 unspecified atom stereocenters. The van der Waals surface area contributed by atoms with E-state index in [4.69, 9.17) is 10.7 Å². The van der Waals surface area contributed by atoms with Gasteiger partial charge in [-0.25, -0.2) is 14.2 Å². The van der Waals surface area contributed by atoms with Crippen molar-refractivity contribution in [3.8, 4) is 0 Å². The largest absolute Gasteiger partial charge is 0.399 e. The number of nitrogens with two attached hydrogens (primary N) is 1. The summed E-state index contributed by atoms with van der Waals surface area (Å²) in [6, 6.07) is 13.7. The molecular formula is C29H37FN6O3. The van der Waals surface area contributed by atoms with E-state index in [0.29, 0.717) is 74.7 Å². The van der Waals surface area contributed by atoms with Crippen molar-refractivity contribution < 1.29 is 9.50 Å². The van der Waals surface area contributed by atoms with Crippen molar-refractivity contribution in [2.75, 3.05) is 32.0 Å². The summed E-state index contributed by atoms with van der Waals surface area (Å²) >= 11 is 0. The van der Waals surface area contributed by atoms with E-state index < -0.39 is 0 Å². The van der Waals surface area contributed by atoms with Gasteiger partial charge in [0.15, 0.2) is 11.2 Å². The molecule has 0 saturated heterocycles. The van der Waals surface area contributed by atoms with Crippen LogP contribution in [0.4, 0.5) is 10.1 Å². The first-order valence-corrected chi connectivity index (χ1v) is 13.5. The lowest BCUT2D eigenvalue weighted by Crippen LogP contribution is -2.41. The van der Waals surface area contributed by atoms with E-state index in [2.05, 4.69) is 4.90 Å². The number of aryl methyl sites for hydroxylation is 2. The van der Waals surface area contributed by atoms with Gasteiger partial charge in [-0.2, -0.15) is 0 Å². The van der Waals surface area contributed by atoms with Gasteiger partial charge in [0.1, 0.15) is 11.6 Å². The topological polar surface area (TPSA) is 111 Å². The molecule has 0 radical (unpaired) electrons. The van der Waals surface area contributed by atoms with E-state index in [1.807, 2.05) is 42.7 Å². The Kier molecular flexibility index (Phi) is 9.32. The van der Waals surface area contributed by atoms with Gasteiger partial charge in [0, 0.05) is 44.8 Å². The highest BCUT2D eigenvalue weighted by molar-refractivity contribution is 5.71. The molecule has 0 amide bonds. The van der Waals surface area contributed by atoms with Crippen LogP contribution in [-0.4, -0.2) is 54.9 Å². The van der Waals surface area contributed by atoms with Crippen LogP contribution in [0.5, 0.6) is 0 Å². The third kappa shape index (κ3) is 6.46. The van der Waals surface area contributed by atoms with E-state index in [-0.39, 0.29) is 23.7 Å². The van der Waals surface area contributed by atoms with Crippen LogP contribution in [0, 0.1) is 5.82 Å². The Balaban J connectivity index is 1.85. The van der Waals surface area contributed by atoms with Gasteiger partial charge >= 0.3 is 5.69 Å². The third-order valence-corrected chi connectivity index (χ3v) is 7.02. The van der Waals surface area contributed by atoms with Crippen LogP contribution in [0.3, 0.4) is 0 Å². The number of aromatic nitrogens is 4. The maximum atomic E-state index is 13.7. The van der Waals surface area contributed by atoms with Gasteiger partial charge in [0.2, 0.25) is 0 Å². The van der Waals surface area contributed by atoms with E-state index in [1.165, 1.54) is 16.7 Å². The molecule has 0 aliphatic rings. The van der Waals surface area contributed by atoms with Gasteiger partial charge in [-0.1, -0.05) is 38.1 Å². The molecule has 39 heavy (non-hydrogen) atoms. The molecule has 2 aromatic carbocycles. The fourth-order valence-electron chi connectivity index (χ4n) is 4.85. The zero-order chi connectivity index (χ0) is 27.9. The number of aliphatic hydroxyl groups is 1. The highest BCUT2D eigenvalue weighted by atomic mass is 19.1. The summed E-state index contributed by atoms with van der Waals surface area (Å²) in [6.45, 7) is 6.95. The van der Waals surface area contributed by atoms with Crippen molar-refractivity contribution in [2.45, 2.75) is 52.7 Å². The molecule has 2 aromatic heterocycles. The Bertz CT molecular complexity index is 1510. The molecule has 0 fully saturated rings. The molecule has 0 saturated carbocycles. The van der Waals surface area contributed by atoms with Crippen LogP contribution in [0.15, 0.2) is 58.1 Å². The Morgan fingerprint density at radius 1 is 0.897 bits per heavy atom. The van der Waals surface area contributed by atoms with Crippen LogP contribution in [-0.2, 0) is 32.5 Å². The standard InChI is InChI=1S/C29H37FN6O3/c1-3-14-36-28(38)26-27(35(29(36)39)15-13-21-7-11-24(31)12-8-21)32-25(20-22-5-9-23(30)10-6-22)34(26)17-16-33(4-2)18-19-37/h5-12,37H,3-4,13-20,31H2,1-2H3. The molecule has 4 aromatic rings. The second-order valence-corrected chi connectivity index (χ2v) is 9.70. The van der Waals surface area contributed by atoms with Crippen LogP contribution in [0.25, 0.3) is 11.2 Å². The summed E-state index contributed by atoms with van der Waals surface area (Å²) in [4.78, 5) is 34.3. The Morgan fingerprint density at radius 3 is 2.23 bits per heavy atom. The smallest absolute Gasteiger partial charge is 0.332 e. The van der Waals surface area contributed by atoms with Crippen molar-refractivity contribution in [2.24, 2.45) is 0 Å². The summed E-state index contributed by atoms with van der Waals surface area (Å²) in [5.41, 5.74) is 8.37. The first-order chi connectivity index (χ1) is 18.9. The second-order valence-electron chi connectivity index (χ2n) is 9.70. The predicted octanol–water partition coefficient (Wildman–Crippen LogP) is 2.64. The normalized spacial score (nSPS) is 11.6. The van der Waals surface area contributed by atoms with Gasteiger partial charge in [0.05, 0.1) is 6.61 Å². The number of aliphatic hydroxyl groups excluding tert-OH is 1. The molecule has 0 aliphatic heterocycles. The van der Waals surface area contributed by atoms with Gasteiger partial charge in [0.25, 0.3) is 5.56 Å². The van der Waals surface area contributed by atoms with Crippen molar-refractivity contribution in [1.29, 1.82) is 0 Å². The maximum Gasteiger partial charge on any atom is 0.332 e. The molecule has 0 spiro atoms. The van der Waals surface area contributed by atoms with Crippen LogP contribution >= 0.6 is 0 Å². The van der Waals surface area contributed by atoms with E-state index in [0.717, 1.165) is 17.7 Å². The molecule has 10 heteroatoms. The number of fused-ring (bicyclic) bond motifs is 1. The zero-order valence-corrected chi connectivity index (χ0v) is 22.6. The SMILES string of the molecule is CCCn1c(=O)c2c(nc(Cc3ccc(F)cc3)n2CCN(CC)CCO)n(CCc2ccc(N)cc2)c1=O. The molecule has 3 N–H and O–H groups in total. The van der Waals surface area contributed by atoms with Crippen LogP contribution < -0.4 is 17.0 Å². The minimum absolute atomic E-state index is 0.0366. The maximum absolute atomic E-state index is 13.7. The highest BCUT2D eigenvalue weighted by Crippen LogP contribution is 2.17. The van der Waals surface area contributed by atoms with Gasteiger partial charge in [-0.15, -0.1) is 0 Å². The van der Waals surface area contributed by atoms with Gasteiger partial charge in [-0.05, 0) is 54.8 Å². The quantitative estimate of drug-likeness (QED) is 0.254. The van der Waals surface area contributed by atoms with E-state index in [1.54, 1.807) is 16.7 Å². The Hall–Kier alpha value is -3.76. The molecule has 0 bridgehead atoms. The molecule has 4 rings (SSSR count). The fourth-order valence-corrected chi connectivity index (χ4v) is 4.85. The van der Waals surface area contributed by atoms with E-state index >= 15 is 0 Å². The minimum Gasteiger partial charge on any atom is -0.399 e. The number of likely N-dealkylation sites (N-methyl/N-ethyl adjacent to an activating group) is 1. The number of anilines is 1. The molecular weight excluding hydrogens is 499 g/mol. The van der Waals surface area contributed by atoms with Gasteiger partial charge < -0.3 is 15.4 Å². The molecule has 208 valence electrons. The molecule has 0 aliphatic carbocycles. The number of nitrogen functional groups attached to an aromatic ring is 1. The third-order valence-electron chi connectivity index (χ3n) is 7.02. The molecule has 2 heterocycles. The van der Waals surface area contributed by atoms with Crippen LogP contribution in [0.2, 0.25) is 0 Å². The Morgan fingerprint density at radius 2 is 1.59 bits per heavy atom. The first kappa shape index (κ1) is 28.3. The number of halogens is 1. The highest BCUT2D eigenvalue weighted by Gasteiger charge is 2.22. The van der Waals surface area contributed by atoms with Gasteiger partial charge in [-0.3, -0.25) is 18.8 Å². The number of hydrogen-bond acceptors (Lipinski definition) is 6. The Labute approximate surface area is 226 Å². The summed E-state index contributed by atoms with van der Waals surface area (Å²) in [7, 11) is 0. The first-order valence-electron chi connectivity index (χ1n) is 13.5. The van der Waals surface area contributed by atoms with Crippen molar-refractivity contribution in [1.82, 2.24) is 23.6 Å². The van der Waals surface area contributed by atoms with Crippen molar-refractivity contribution in [3.63, 3.8) is 0 Å². The van der Waals surface area contributed by atoms with Crippen molar-refractivity contribution in [3.05, 3.63) is 92.1 Å². The minimum atomic E-state index is -0.377. The average Bonchev–Trinajstić information content (AvgIpc) is 3.28. The summed E-state index contributed by atoms with van der Waals surface area (Å²) in [6.07, 6.45) is 1.58. The summed E-state index contributed by atoms with van der Waals surface area (Å²) in [5.74, 6) is 0.303. The number of hydrogen-bond donors (Lipinski definition) is 2. The number of imidazole rings is 1. The zero-order valence-electron chi connectivity index (χ0n) is 22.6. The lowest BCUT2D eigenvalue weighted by molar-refractivity contribution is 0.197. The van der Waals surface area contributed by atoms with Crippen LogP contribution in [0.1, 0.15) is 37.2 Å². The lowest BCUT2D eigenvalue weighted by atomic mass is 10.1. The average molecular weight is 537 g/mol. The lowest BCUT2D eigenvalue weighted by Gasteiger charge is -2.20. The summed E-state index contributed by atoms with van der Waals surface area (Å²) in [5, 5.41) is 9.45. The van der Waals surface area contributed by atoms with E-state index in [9.17, 15) is 19.1 Å². The number of benzene rings is 2.